The molecule has 21 heavy (non-hydrogen) atoms. The van der Waals surface area contributed by atoms with E-state index in [9.17, 15) is 0 Å². The van der Waals surface area contributed by atoms with Gasteiger partial charge in [-0.1, -0.05) is 18.2 Å². The lowest BCUT2D eigenvalue weighted by Gasteiger charge is -2.08. The second-order valence-corrected chi connectivity index (χ2v) is 4.50. The molecule has 0 aliphatic heterocycles. The molecular formula is C17H13N3O. The smallest absolute Gasteiger partial charge is 0.163 e. The summed E-state index contributed by atoms with van der Waals surface area (Å²) in [5.41, 5.74) is 3.17. The Hall–Kier alpha value is -3.06. The van der Waals surface area contributed by atoms with Crippen molar-refractivity contribution in [3.8, 4) is 28.8 Å². The van der Waals surface area contributed by atoms with Crippen LogP contribution in [0.3, 0.4) is 0 Å². The molecule has 102 valence electrons. The first-order valence-corrected chi connectivity index (χ1v) is 6.52. The maximum absolute atomic E-state index is 9.11. The van der Waals surface area contributed by atoms with Gasteiger partial charge >= 0.3 is 0 Å². The van der Waals surface area contributed by atoms with Crippen LogP contribution in [0.25, 0.3) is 16.9 Å². The molecule has 0 atom stereocenters. The summed E-state index contributed by atoms with van der Waals surface area (Å²) in [7, 11) is 1.64. The maximum Gasteiger partial charge on any atom is 0.163 e. The average molecular weight is 275 g/mol. The van der Waals surface area contributed by atoms with Crippen molar-refractivity contribution in [2.45, 2.75) is 0 Å². The Bertz CT molecular complexity index is 783. The molecular weight excluding hydrogens is 262 g/mol. The molecule has 4 nitrogen and oxygen atoms in total. The molecule has 0 radical (unpaired) electrons. The van der Waals surface area contributed by atoms with Crippen LogP contribution in [0.15, 0.2) is 60.7 Å². The number of benzene rings is 2. The first-order valence-electron chi connectivity index (χ1n) is 6.52. The van der Waals surface area contributed by atoms with Gasteiger partial charge in [0.25, 0.3) is 0 Å². The predicted molar refractivity (Wildman–Crippen MR) is 80.3 cm³/mol. The number of nitrogens with zero attached hydrogens (tertiary/aromatic N) is 3. The number of para-hydroxylation sites is 1. The lowest BCUT2D eigenvalue weighted by molar-refractivity contribution is 0.415. The number of aromatic nitrogens is 2. The lowest BCUT2D eigenvalue weighted by Crippen LogP contribution is -1.98. The zero-order chi connectivity index (χ0) is 14.7. The number of nitriles is 1. The summed E-state index contributed by atoms with van der Waals surface area (Å²) in [5.74, 6) is 0.796. The van der Waals surface area contributed by atoms with Crippen molar-refractivity contribution in [3.63, 3.8) is 0 Å². The summed E-state index contributed by atoms with van der Waals surface area (Å²) in [5, 5.41) is 13.4. The molecule has 0 saturated heterocycles. The van der Waals surface area contributed by atoms with Crippen LogP contribution in [0.5, 0.6) is 5.75 Å². The third-order valence-electron chi connectivity index (χ3n) is 3.21. The zero-order valence-corrected chi connectivity index (χ0v) is 11.5. The Kier molecular flexibility index (Phi) is 3.40. The van der Waals surface area contributed by atoms with Gasteiger partial charge in [-0.05, 0) is 36.4 Å². The fourth-order valence-corrected chi connectivity index (χ4v) is 2.17. The highest BCUT2D eigenvalue weighted by Gasteiger charge is 2.11. The van der Waals surface area contributed by atoms with Gasteiger partial charge in [0.05, 0.1) is 18.5 Å². The summed E-state index contributed by atoms with van der Waals surface area (Å²) < 4.78 is 6.95. The number of methoxy groups -OCH3 is 1. The molecule has 0 spiro atoms. The molecule has 0 saturated carbocycles. The van der Waals surface area contributed by atoms with Crippen molar-refractivity contribution in [1.29, 1.82) is 5.26 Å². The van der Waals surface area contributed by atoms with Crippen LogP contribution in [-0.4, -0.2) is 16.9 Å². The third-order valence-corrected chi connectivity index (χ3v) is 3.21. The van der Waals surface area contributed by atoms with E-state index < -0.39 is 0 Å². The number of ether oxygens (including phenoxy) is 1. The molecule has 4 heteroatoms. The number of hydrogen-bond donors (Lipinski definition) is 0. The maximum atomic E-state index is 9.11. The SMILES string of the molecule is COc1ccc(-c2cc(C#N)nn2-c2ccccc2)cc1. The van der Waals surface area contributed by atoms with E-state index in [1.54, 1.807) is 17.9 Å². The molecule has 0 unspecified atom stereocenters. The first kappa shape index (κ1) is 12.9. The van der Waals surface area contributed by atoms with Crippen LogP contribution in [0.1, 0.15) is 5.69 Å². The average Bonchev–Trinajstić information content (AvgIpc) is 3.00. The van der Waals surface area contributed by atoms with Crippen LogP contribution < -0.4 is 4.74 Å². The Labute approximate surface area is 122 Å². The van der Waals surface area contributed by atoms with Crippen molar-refractivity contribution in [2.24, 2.45) is 0 Å². The quantitative estimate of drug-likeness (QED) is 0.736. The van der Waals surface area contributed by atoms with Gasteiger partial charge in [-0.15, -0.1) is 0 Å². The van der Waals surface area contributed by atoms with Crippen LogP contribution in [0, 0.1) is 11.3 Å². The third kappa shape index (κ3) is 2.49. The second-order valence-electron chi connectivity index (χ2n) is 4.50. The topological polar surface area (TPSA) is 50.8 Å². The number of rotatable bonds is 3. The fourth-order valence-electron chi connectivity index (χ4n) is 2.17. The van der Waals surface area contributed by atoms with Crippen molar-refractivity contribution in [2.75, 3.05) is 7.11 Å². The second kappa shape index (κ2) is 5.51. The molecule has 0 amide bonds. The Morgan fingerprint density at radius 1 is 1.05 bits per heavy atom. The molecule has 2 aromatic carbocycles. The van der Waals surface area contributed by atoms with Crippen LogP contribution >= 0.6 is 0 Å². The molecule has 1 heterocycles. The Morgan fingerprint density at radius 2 is 1.76 bits per heavy atom. The molecule has 1 aromatic heterocycles. The minimum Gasteiger partial charge on any atom is -0.497 e. The normalized spacial score (nSPS) is 10.1. The van der Waals surface area contributed by atoms with Crippen LogP contribution in [-0.2, 0) is 0 Å². The minimum absolute atomic E-state index is 0.393. The standard InChI is InChI=1S/C17H13N3O/c1-21-16-9-7-13(8-10-16)17-11-14(12-18)19-20(17)15-5-3-2-4-6-15/h2-11H,1H3. The Balaban J connectivity index is 2.13. The van der Waals surface area contributed by atoms with Gasteiger partial charge in [0, 0.05) is 11.6 Å². The van der Waals surface area contributed by atoms with Gasteiger partial charge in [0.15, 0.2) is 5.69 Å². The van der Waals surface area contributed by atoms with E-state index in [1.165, 1.54) is 0 Å². The van der Waals surface area contributed by atoms with Gasteiger partial charge in [-0.25, -0.2) is 4.68 Å². The van der Waals surface area contributed by atoms with Crippen molar-refractivity contribution in [3.05, 3.63) is 66.4 Å². The molecule has 0 aliphatic rings. The largest absolute Gasteiger partial charge is 0.497 e. The van der Waals surface area contributed by atoms with E-state index in [1.807, 2.05) is 54.6 Å². The van der Waals surface area contributed by atoms with Crippen molar-refractivity contribution >= 4 is 0 Å². The molecule has 3 aromatic rings. The first-order chi connectivity index (χ1) is 10.3. The molecule has 0 fully saturated rings. The van der Waals surface area contributed by atoms with E-state index in [-0.39, 0.29) is 0 Å². The highest BCUT2D eigenvalue weighted by molar-refractivity contribution is 5.64. The minimum atomic E-state index is 0.393. The van der Waals surface area contributed by atoms with Gasteiger partial charge in [-0.2, -0.15) is 10.4 Å². The summed E-state index contributed by atoms with van der Waals surface area (Å²) in [4.78, 5) is 0. The fraction of sp³-hybridized carbons (Fsp3) is 0.0588. The van der Waals surface area contributed by atoms with Gasteiger partial charge in [-0.3, -0.25) is 0 Å². The molecule has 0 bridgehead atoms. The predicted octanol–water partition coefficient (Wildman–Crippen LogP) is 3.42. The summed E-state index contributed by atoms with van der Waals surface area (Å²) >= 11 is 0. The number of hydrogen-bond acceptors (Lipinski definition) is 3. The zero-order valence-electron chi connectivity index (χ0n) is 11.5. The molecule has 0 N–H and O–H groups in total. The van der Waals surface area contributed by atoms with E-state index in [0.717, 1.165) is 22.7 Å². The van der Waals surface area contributed by atoms with E-state index in [2.05, 4.69) is 11.2 Å². The monoisotopic (exact) mass is 275 g/mol. The lowest BCUT2D eigenvalue weighted by atomic mass is 10.1. The van der Waals surface area contributed by atoms with Gasteiger partial charge < -0.3 is 4.74 Å². The van der Waals surface area contributed by atoms with Crippen LogP contribution in [0.4, 0.5) is 0 Å². The van der Waals surface area contributed by atoms with E-state index >= 15 is 0 Å². The van der Waals surface area contributed by atoms with Gasteiger partial charge in [0.1, 0.15) is 11.8 Å². The van der Waals surface area contributed by atoms with Crippen LogP contribution in [0.2, 0.25) is 0 Å². The van der Waals surface area contributed by atoms with E-state index in [0.29, 0.717) is 5.69 Å². The summed E-state index contributed by atoms with van der Waals surface area (Å²) in [6.45, 7) is 0. The highest BCUT2D eigenvalue weighted by Crippen LogP contribution is 2.25. The van der Waals surface area contributed by atoms with Gasteiger partial charge in [0.2, 0.25) is 0 Å². The van der Waals surface area contributed by atoms with E-state index in [4.69, 9.17) is 10.00 Å². The van der Waals surface area contributed by atoms with Crippen molar-refractivity contribution in [1.82, 2.24) is 9.78 Å². The van der Waals surface area contributed by atoms with Crippen molar-refractivity contribution < 1.29 is 4.74 Å². The molecule has 0 aliphatic carbocycles. The highest BCUT2D eigenvalue weighted by atomic mass is 16.5. The molecule has 3 rings (SSSR count). The summed E-state index contributed by atoms with van der Waals surface area (Å²) in [6, 6.07) is 21.3. The summed E-state index contributed by atoms with van der Waals surface area (Å²) in [6.07, 6.45) is 0. The Morgan fingerprint density at radius 3 is 2.38 bits per heavy atom.